The van der Waals surface area contributed by atoms with Crippen molar-refractivity contribution in [3.05, 3.63) is 59.9 Å². The fourth-order valence-corrected chi connectivity index (χ4v) is 2.86. The van der Waals surface area contributed by atoms with Gasteiger partial charge in [-0.2, -0.15) is 0 Å². The molecule has 0 saturated carbocycles. The third-order valence-electron chi connectivity index (χ3n) is 4.47. The third kappa shape index (κ3) is 5.12. The van der Waals surface area contributed by atoms with Gasteiger partial charge >= 0.3 is 0 Å². The van der Waals surface area contributed by atoms with Crippen LogP contribution in [0.1, 0.15) is 21.0 Å². The second-order valence-electron chi connectivity index (χ2n) is 6.32. The molecule has 1 aliphatic heterocycles. The molecule has 1 saturated heterocycles. The van der Waals surface area contributed by atoms with E-state index in [2.05, 4.69) is 15.2 Å². The molecule has 142 valence electrons. The number of benzene rings is 1. The van der Waals surface area contributed by atoms with E-state index >= 15 is 0 Å². The topological polar surface area (TPSA) is 74.8 Å². The number of para-hydroxylation sites is 1. The van der Waals surface area contributed by atoms with Crippen LogP contribution in [0.5, 0.6) is 0 Å². The van der Waals surface area contributed by atoms with Crippen molar-refractivity contribution in [1.29, 1.82) is 0 Å². The van der Waals surface area contributed by atoms with E-state index in [9.17, 15) is 9.59 Å². The maximum atomic E-state index is 12.7. The van der Waals surface area contributed by atoms with Gasteiger partial charge < -0.3 is 15.0 Å². The average Bonchev–Trinajstić information content (AvgIpc) is 2.74. The van der Waals surface area contributed by atoms with Crippen molar-refractivity contribution in [2.75, 3.05) is 51.3 Å². The second-order valence-corrected chi connectivity index (χ2v) is 6.32. The van der Waals surface area contributed by atoms with Gasteiger partial charge in [-0.25, -0.2) is 4.98 Å². The first kappa shape index (κ1) is 19.0. The summed E-state index contributed by atoms with van der Waals surface area (Å²) in [6.07, 6.45) is 0. The van der Waals surface area contributed by atoms with Crippen molar-refractivity contribution in [2.45, 2.75) is 0 Å². The SMILES string of the molecule is CN(C(=O)c1cccc(C(=O)NCCN2CCOCC2)n1)c1ccccc1. The predicted octanol–water partition coefficient (Wildman–Crippen LogP) is 1.42. The number of pyridine rings is 1. The Labute approximate surface area is 158 Å². The van der Waals surface area contributed by atoms with Crippen LogP contribution in [0, 0.1) is 0 Å². The lowest BCUT2D eigenvalue weighted by Gasteiger charge is -2.26. The summed E-state index contributed by atoms with van der Waals surface area (Å²) in [5, 5.41) is 2.86. The Bertz CT molecular complexity index is 776. The fourth-order valence-electron chi connectivity index (χ4n) is 2.86. The molecule has 1 N–H and O–H groups in total. The van der Waals surface area contributed by atoms with E-state index in [0.717, 1.165) is 38.5 Å². The normalized spacial score (nSPS) is 14.6. The number of morpholine rings is 1. The Balaban J connectivity index is 1.59. The van der Waals surface area contributed by atoms with Gasteiger partial charge in [0.1, 0.15) is 11.4 Å². The lowest BCUT2D eigenvalue weighted by atomic mass is 10.2. The van der Waals surface area contributed by atoms with Crippen molar-refractivity contribution in [2.24, 2.45) is 0 Å². The molecule has 2 aromatic rings. The summed E-state index contributed by atoms with van der Waals surface area (Å²) in [7, 11) is 1.69. The summed E-state index contributed by atoms with van der Waals surface area (Å²) < 4.78 is 5.31. The molecule has 0 atom stereocenters. The lowest BCUT2D eigenvalue weighted by molar-refractivity contribution is 0.0383. The zero-order chi connectivity index (χ0) is 19.1. The van der Waals surface area contributed by atoms with Gasteiger partial charge in [0.15, 0.2) is 0 Å². The number of nitrogens with zero attached hydrogens (tertiary/aromatic N) is 3. The van der Waals surface area contributed by atoms with E-state index in [4.69, 9.17) is 4.74 Å². The number of hydrogen-bond donors (Lipinski definition) is 1. The highest BCUT2D eigenvalue weighted by atomic mass is 16.5. The Hall–Kier alpha value is -2.77. The molecule has 0 unspecified atom stereocenters. The van der Waals surface area contributed by atoms with Crippen molar-refractivity contribution in [3.8, 4) is 0 Å². The van der Waals surface area contributed by atoms with Gasteiger partial charge in [-0.05, 0) is 24.3 Å². The monoisotopic (exact) mass is 368 g/mol. The number of anilines is 1. The minimum Gasteiger partial charge on any atom is -0.379 e. The van der Waals surface area contributed by atoms with E-state index in [-0.39, 0.29) is 23.2 Å². The molecule has 0 spiro atoms. The molecule has 0 bridgehead atoms. The zero-order valence-electron chi connectivity index (χ0n) is 15.4. The van der Waals surface area contributed by atoms with Crippen LogP contribution in [0.25, 0.3) is 0 Å². The minimum atomic E-state index is -0.278. The molecule has 7 heteroatoms. The molecule has 0 aliphatic carbocycles. The van der Waals surface area contributed by atoms with E-state index in [1.807, 2.05) is 30.3 Å². The molecule has 1 aliphatic rings. The summed E-state index contributed by atoms with van der Waals surface area (Å²) >= 11 is 0. The molecule has 2 heterocycles. The summed E-state index contributed by atoms with van der Waals surface area (Å²) in [5.74, 6) is -0.538. The van der Waals surface area contributed by atoms with Gasteiger partial charge in [-0.15, -0.1) is 0 Å². The summed E-state index contributed by atoms with van der Waals surface area (Å²) in [6.45, 7) is 4.52. The first-order valence-corrected chi connectivity index (χ1v) is 9.03. The first-order valence-electron chi connectivity index (χ1n) is 9.03. The minimum absolute atomic E-state index is 0.238. The molecule has 7 nitrogen and oxygen atoms in total. The molecule has 1 aromatic carbocycles. The van der Waals surface area contributed by atoms with Gasteiger partial charge in [-0.3, -0.25) is 14.5 Å². The molecule has 3 rings (SSSR count). The van der Waals surface area contributed by atoms with E-state index < -0.39 is 0 Å². The van der Waals surface area contributed by atoms with E-state index in [0.29, 0.717) is 6.54 Å². The van der Waals surface area contributed by atoms with E-state index in [1.54, 1.807) is 25.2 Å². The fraction of sp³-hybridized carbons (Fsp3) is 0.350. The van der Waals surface area contributed by atoms with Crippen LogP contribution in [0.2, 0.25) is 0 Å². The van der Waals surface area contributed by atoms with Crippen molar-refractivity contribution in [3.63, 3.8) is 0 Å². The molecular weight excluding hydrogens is 344 g/mol. The number of amides is 2. The highest BCUT2D eigenvalue weighted by Crippen LogP contribution is 2.14. The molecule has 1 aromatic heterocycles. The maximum absolute atomic E-state index is 12.7. The predicted molar refractivity (Wildman–Crippen MR) is 103 cm³/mol. The Morgan fingerprint density at radius 1 is 1.07 bits per heavy atom. The Morgan fingerprint density at radius 3 is 2.52 bits per heavy atom. The highest BCUT2D eigenvalue weighted by molar-refractivity contribution is 6.05. The van der Waals surface area contributed by atoms with Crippen LogP contribution in [0.15, 0.2) is 48.5 Å². The first-order chi connectivity index (χ1) is 13.1. The van der Waals surface area contributed by atoms with Crippen LogP contribution in [0.4, 0.5) is 5.69 Å². The third-order valence-corrected chi connectivity index (χ3v) is 4.47. The number of rotatable bonds is 6. The van der Waals surface area contributed by atoms with Crippen molar-refractivity contribution >= 4 is 17.5 Å². The van der Waals surface area contributed by atoms with Crippen molar-refractivity contribution < 1.29 is 14.3 Å². The zero-order valence-corrected chi connectivity index (χ0v) is 15.4. The maximum Gasteiger partial charge on any atom is 0.276 e. The molecule has 1 fully saturated rings. The van der Waals surface area contributed by atoms with Gasteiger partial charge in [0.05, 0.1) is 13.2 Å². The van der Waals surface area contributed by atoms with Gasteiger partial charge in [0.25, 0.3) is 11.8 Å². The number of carbonyl (C=O) groups is 2. The molecule has 0 radical (unpaired) electrons. The largest absolute Gasteiger partial charge is 0.379 e. The van der Waals surface area contributed by atoms with Crippen LogP contribution < -0.4 is 10.2 Å². The standard InChI is InChI=1S/C20H24N4O3/c1-23(16-6-3-2-4-7-16)20(26)18-9-5-8-17(22-18)19(25)21-10-11-24-12-14-27-15-13-24/h2-9H,10-15H2,1H3,(H,21,25). The van der Waals surface area contributed by atoms with Crippen LogP contribution in [-0.4, -0.2) is 68.1 Å². The second kappa shape index (κ2) is 9.25. The Morgan fingerprint density at radius 2 is 1.78 bits per heavy atom. The number of aromatic nitrogens is 1. The number of ether oxygens (including phenoxy) is 1. The Kier molecular flexibility index (Phi) is 6.51. The molecule has 27 heavy (non-hydrogen) atoms. The summed E-state index contributed by atoms with van der Waals surface area (Å²) in [5.41, 5.74) is 1.25. The van der Waals surface area contributed by atoms with Crippen LogP contribution >= 0.6 is 0 Å². The highest BCUT2D eigenvalue weighted by Gasteiger charge is 2.17. The molecule has 2 amide bonds. The summed E-state index contributed by atoms with van der Waals surface area (Å²) in [4.78, 5) is 33.0. The smallest absolute Gasteiger partial charge is 0.276 e. The van der Waals surface area contributed by atoms with Crippen LogP contribution in [-0.2, 0) is 4.74 Å². The molecular formula is C20H24N4O3. The van der Waals surface area contributed by atoms with Crippen molar-refractivity contribution in [1.82, 2.24) is 15.2 Å². The van der Waals surface area contributed by atoms with Gasteiger partial charge in [-0.1, -0.05) is 24.3 Å². The van der Waals surface area contributed by atoms with E-state index in [1.165, 1.54) is 4.90 Å². The van der Waals surface area contributed by atoms with Crippen LogP contribution in [0.3, 0.4) is 0 Å². The quantitative estimate of drug-likeness (QED) is 0.835. The number of carbonyl (C=O) groups excluding carboxylic acids is 2. The summed E-state index contributed by atoms with van der Waals surface area (Å²) in [6, 6.07) is 14.2. The van der Waals surface area contributed by atoms with Gasteiger partial charge in [0.2, 0.25) is 0 Å². The number of hydrogen-bond acceptors (Lipinski definition) is 5. The average molecular weight is 368 g/mol. The lowest BCUT2D eigenvalue weighted by Crippen LogP contribution is -2.41. The number of nitrogens with one attached hydrogen (secondary N) is 1. The van der Waals surface area contributed by atoms with Gasteiger partial charge in [0, 0.05) is 38.9 Å².